The highest BCUT2D eigenvalue weighted by Gasteiger charge is 2.50. The Morgan fingerprint density at radius 2 is 1.30 bits per heavy atom. The third-order valence-electron chi connectivity index (χ3n) is 15.3. The van der Waals surface area contributed by atoms with E-state index in [2.05, 4.69) is 43.0 Å². The van der Waals surface area contributed by atoms with Gasteiger partial charge in [-0.15, -0.1) is 0 Å². The van der Waals surface area contributed by atoms with Gasteiger partial charge >= 0.3 is 0 Å². The SMILES string of the molecule is CCCCCCCCCCCCCCCC(=O)NC1C[C@@H](O)CNC(=O)[C@@H]2[C@@H](O)[C@@H](C)CN2C(=O)[C@H]([C@H](O)CCNC(CO)CO)NC(=O)[C@H]([C@H](O)Cc2ccc(O)c(OS(O)(O)O)c2)NC(=O)[C@@H]2C[C@@H](O)CN2C(=O)[C@H]([C@@H](C)O)NC1=O. The number of fused-ring (bicyclic) bond motifs is 2. The van der Waals surface area contributed by atoms with E-state index in [-0.39, 0.29) is 25.1 Å². The summed E-state index contributed by atoms with van der Waals surface area (Å²) in [5, 5.41) is 113. The smallest absolute Gasteiger partial charge is 0.266 e. The summed E-state index contributed by atoms with van der Waals surface area (Å²) in [6.45, 7) is 1.97. The molecule has 3 heterocycles. The van der Waals surface area contributed by atoms with Gasteiger partial charge in [0.25, 0.3) is 11.2 Å². The molecule has 0 aliphatic carbocycles. The Kier molecular flexibility index (Phi) is 29.6. The van der Waals surface area contributed by atoms with Gasteiger partial charge in [0.1, 0.15) is 36.3 Å². The molecule has 3 saturated heterocycles. The summed E-state index contributed by atoms with van der Waals surface area (Å²) in [7, 11) is 0. The first-order valence-electron chi connectivity index (χ1n) is 28.9. The number of amides is 7. The van der Waals surface area contributed by atoms with Crippen LogP contribution in [-0.4, -0.2) is 229 Å². The van der Waals surface area contributed by atoms with Crippen molar-refractivity contribution in [1.82, 2.24) is 41.7 Å². The minimum atomic E-state index is -4.72. The van der Waals surface area contributed by atoms with Gasteiger partial charge in [0.2, 0.25) is 41.4 Å². The maximum absolute atomic E-state index is 14.8. The molecule has 83 heavy (non-hydrogen) atoms. The van der Waals surface area contributed by atoms with Crippen molar-refractivity contribution in [2.24, 2.45) is 5.92 Å². The van der Waals surface area contributed by atoms with Gasteiger partial charge in [-0.25, -0.2) is 0 Å². The minimum absolute atomic E-state index is 0.0225. The number of hydrogen-bond donors (Lipinski definition) is 18. The molecule has 4 rings (SSSR count). The number of aliphatic hydroxyl groups is 8. The van der Waals surface area contributed by atoms with E-state index in [9.17, 15) is 93.2 Å². The van der Waals surface area contributed by atoms with Crippen LogP contribution >= 0.6 is 11.2 Å². The Hall–Kier alpha value is -5.02. The largest absolute Gasteiger partial charge is 0.504 e. The van der Waals surface area contributed by atoms with Crippen molar-refractivity contribution in [2.75, 3.05) is 39.4 Å². The second kappa shape index (κ2) is 34.8. The lowest BCUT2D eigenvalue weighted by atomic mass is 9.98. The summed E-state index contributed by atoms with van der Waals surface area (Å²) in [6, 6.07) is -9.04. The summed E-state index contributed by atoms with van der Waals surface area (Å²) in [6.07, 6.45) is 1.21. The zero-order valence-electron chi connectivity index (χ0n) is 47.7. The molecule has 0 spiro atoms. The zero-order chi connectivity index (χ0) is 61.6. The molecule has 0 saturated carbocycles. The molecule has 13 atom stereocenters. The molecule has 0 bridgehead atoms. The van der Waals surface area contributed by atoms with Crippen LogP contribution in [0.4, 0.5) is 0 Å². The quantitative estimate of drug-likeness (QED) is 0.0418. The first kappa shape index (κ1) is 70.5. The molecular weight excluding hydrogens is 1110 g/mol. The van der Waals surface area contributed by atoms with E-state index < -0.39 is 201 Å². The molecule has 18 N–H and O–H groups in total. The number of aliphatic hydroxyl groups excluding tert-OH is 8. The lowest BCUT2D eigenvalue weighted by molar-refractivity contribution is -0.147. The summed E-state index contributed by atoms with van der Waals surface area (Å²) in [5.41, 5.74) is -0.0453. The van der Waals surface area contributed by atoms with Crippen molar-refractivity contribution in [1.29, 1.82) is 0 Å². The molecule has 1 aromatic carbocycles. The molecule has 3 aliphatic rings. The summed E-state index contributed by atoms with van der Waals surface area (Å²) >= 11 is -4.72. The van der Waals surface area contributed by atoms with E-state index >= 15 is 0 Å². The number of hydrogen-bond acceptors (Lipinski definition) is 21. The van der Waals surface area contributed by atoms with Gasteiger partial charge in [-0.1, -0.05) is 97.0 Å². The highest BCUT2D eigenvalue weighted by atomic mass is 32.3. The molecule has 7 amide bonds. The molecule has 29 heteroatoms. The van der Waals surface area contributed by atoms with E-state index in [0.29, 0.717) is 12.8 Å². The van der Waals surface area contributed by atoms with Crippen molar-refractivity contribution < 1.29 is 97.4 Å². The van der Waals surface area contributed by atoms with Crippen molar-refractivity contribution in [2.45, 2.75) is 215 Å². The number of β-amino-alcohol motifs (C(OH)–C–C–N with tert-alkyl or cyclic N) is 1. The van der Waals surface area contributed by atoms with Crippen LogP contribution < -0.4 is 36.1 Å². The Morgan fingerprint density at radius 1 is 0.723 bits per heavy atom. The number of nitrogens with one attached hydrogen (secondary N) is 6. The average molecular weight is 1210 g/mol. The van der Waals surface area contributed by atoms with E-state index in [1.165, 1.54) is 57.9 Å². The van der Waals surface area contributed by atoms with Gasteiger partial charge in [-0.2, -0.15) is 0 Å². The minimum Gasteiger partial charge on any atom is -0.504 e. The number of unbranched alkanes of at least 4 members (excludes halogenated alkanes) is 12. The Labute approximate surface area is 485 Å². The number of phenols is 1. The Morgan fingerprint density at radius 3 is 1.89 bits per heavy atom. The number of rotatable bonds is 28. The van der Waals surface area contributed by atoms with Gasteiger partial charge < -0.3 is 91.8 Å². The van der Waals surface area contributed by atoms with Crippen LogP contribution in [0.3, 0.4) is 0 Å². The third kappa shape index (κ3) is 22.4. The standard InChI is InChI=1S/C54H92N8O20S/c1-4-5-6-7-8-9-10-11-12-13-14-15-16-17-43(71)57-37-24-35(66)26-56-52(76)47-48(72)31(2)27-62(47)54(78)46(40(69)20-21-55-34(29-63)30-64)60-51(75)45(41(70)22-33-18-19-39(68)42(23-33)82-83(79,80)81)59-50(74)38-25-36(67)28-61(38)53(77)44(32(3)65)58-49(37)73/h18-19,23,31-32,34-38,40-41,44-48,55,63-70,72,79-81H,4-17,20-22,24-30H2,1-3H3,(H,56,76)(H,57,71)(H,58,73)(H,59,74)(H,60,75)/t31-,32+,35+,36+,37?,38-,40+,41+,44-,45-,46-,47-,48-/m0/s1. The third-order valence-corrected chi connectivity index (χ3v) is 15.7. The van der Waals surface area contributed by atoms with Crippen LogP contribution in [0.15, 0.2) is 18.2 Å². The molecule has 3 fully saturated rings. The lowest BCUT2D eigenvalue weighted by Crippen LogP contribution is -2.64. The monoisotopic (exact) mass is 1200 g/mol. The van der Waals surface area contributed by atoms with Gasteiger partial charge in [-0.05, 0) is 44.0 Å². The van der Waals surface area contributed by atoms with Crippen molar-refractivity contribution in [3.63, 3.8) is 0 Å². The lowest BCUT2D eigenvalue weighted by Gasteiger charge is -2.34. The number of nitrogens with zero attached hydrogens (tertiary/aromatic N) is 2. The van der Waals surface area contributed by atoms with E-state index in [4.69, 9.17) is 0 Å². The van der Waals surface area contributed by atoms with Crippen LogP contribution in [0, 0.1) is 5.92 Å². The highest BCUT2D eigenvalue weighted by Crippen LogP contribution is 2.41. The maximum atomic E-state index is 14.8. The van der Waals surface area contributed by atoms with Crippen molar-refractivity contribution in [3.05, 3.63) is 23.8 Å². The molecular formula is C54H92N8O20S. The van der Waals surface area contributed by atoms with Crippen LogP contribution in [0.5, 0.6) is 11.5 Å². The normalized spacial score (nSPS) is 26.7. The van der Waals surface area contributed by atoms with Gasteiger partial charge in [-0.3, -0.25) is 47.2 Å². The molecule has 0 radical (unpaired) electrons. The van der Waals surface area contributed by atoms with E-state index in [0.717, 1.165) is 54.5 Å². The topological polar surface area (TPSA) is 450 Å². The summed E-state index contributed by atoms with van der Waals surface area (Å²) < 4.78 is 33.2. The highest BCUT2D eigenvalue weighted by molar-refractivity contribution is 8.15. The number of carbonyl (C=O) groups excluding carboxylic acids is 7. The fourth-order valence-electron chi connectivity index (χ4n) is 10.5. The number of benzene rings is 1. The van der Waals surface area contributed by atoms with Gasteiger partial charge in [0.05, 0.1) is 55.9 Å². The number of aromatic hydroxyl groups is 1. The number of phenolic OH excluding ortho intramolecular Hbond substituents is 1. The van der Waals surface area contributed by atoms with Gasteiger partial charge in [0.15, 0.2) is 11.5 Å². The molecule has 1 unspecified atom stereocenters. The Balaban J connectivity index is 1.71. The summed E-state index contributed by atoms with van der Waals surface area (Å²) in [5.74, 6) is -9.87. The first-order valence-corrected chi connectivity index (χ1v) is 30.4. The fraction of sp³-hybridized carbons (Fsp3) is 0.759. The van der Waals surface area contributed by atoms with Crippen molar-refractivity contribution in [3.8, 4) is 11.5 Å². The van der Waals surface area contributed by atoms with Crippen LogP contribution in [0.1, 0.15) is 135 Å². The average Bonchev–Trinajstić information content (AvgIpc) is 3.28. The fourth-order valence-corrected chi connectivity index (χ4v) is 10.9. The molecule has 1 aromatic rings. The number of carbonyl (C=O) groups is 7. The predicted molar refractivity (Wildman–Crippen MR) is 301 cm³/mol. The molecule has 0 aromatic heterocycles. The second-order valence-corrected chi connectivity index (χ2v) is 23.3. The van der Waals surface area contributed by atoms with Crippen LogP contribution in [-0.2, 0) is 40.0 Å². The molecule has 3 aliphatic heterocycles. The molecule has 474 valence electrons. The maximum Gasteiger partial charge on any atom is 0.266 e. The predicted octanol–water partition coefficient (Wildman–Crippen LogP) is -1.64. The van der Waals surface area contributed by atoms with E-state index in [1.807, 2.05) is 0 Å². The molecule has 28 nitrogen and oxygen atoms in total. The first-order chi connectivity index (χ1) is 39.3. The zero-order valence-corrected chi connectivity index (χ0v) is 48.5. The van der Waals surface area contributed by atoms with Gasteiger partial charge in [0, 0.05) is 51.2 Å². The van der Waals surface area contributed by atoms with E-state index in [1.54, 1.807) is 0 Å². The summed E-state index contributed by atoms with van der Waals surface area (Å²) in [4.78, 5) is 102. The van der Waals surface area contributed by atoms with Crippen LogP contribution in [0.25, 0.3) is 0 Å². The van der Waals surface area contributed by atoms with Crippen LogP contribution in [0.2, 0.25) is 0 Å². The second-order valence-electron chi connectivity index (χ2n) is 22.2. The van der Waals surface area contributed by atoms with Crippen molar-refractivity contribution >= 4 is 52.5 Å². The Bertz CT molecular complexity index is 2250.